The molecule has 2 aromatic carbocycles. The number of benzene rings is 2. The van der Waals surface area contributed by atoms with E-state index < -0.39 is 0 Å². The summed E-state index contributed by atoms with van der Waals surface area (Å²) >= 11 is 0. The third kappa shape index (κ3) is 4.33. The van der Waals surface area contributed by atoms with E-state index in [2.05, 4.69) is 16.7 Å². The van der Waals surface area contributed by atoms with Crippen molar-refractivity contribution in [2.45, 2.75) is 20.0 Å². The van der Waals surface area contributed by atoms with E-state index in [-0.39, 0.29) is 5.91 Å². The van der Waals surface area contributed by atoms with Crippen LogP contribution in [0.25, 0.3) is 0 Å². The lowest BCUT2D eigenvalue weighted by Crippen LogP contribution is -2.18. The third-order valence-electron chi connectivity index (χ3n) is 3.36. The standard InChI is InChI=1S/C18H22N2O2/c1-3-22-17-7-5-4-6-16(17)13-20-12-14-8-10-15(11-9-14)18(21)19-2/h4-11,20H,3,12-13H2,1-2H3,(H,19,21). The Morgan fingerprint density at radius 1 is 1.05 bits per heavy atom. The molecule has 0 aromatic heterocycles. The summed E-state index contributed by atoms with van der Waals surface area (Å²) in [7, 11) is 1.63. The second-order valence-electron chi connectivity index (χ2n) is 4.92. The molecule has 2 rings (SSSR count). The molecule has 4 nitrogen and oxygen atoms in total. The van der Waals surface area contributed by atoms with Crippen LogP contribution in [0.2, 0.25) is 0 Å². The largest absolute Gasteiger partial charge is 0.494 e. The fourth-order valence-electron chi connectivity index (χ4n) is 2.21. The number of hydrogen-bond acceptors (Lipinski definition) is 3. The average molecular weight is 298 g/mol. The van der Waals surface area contributed by atoms with E-state index in [1.165, 1.54) is 0 Å². The van der Waals surface area contributed by atoms with Crippen LogP contribution >= 0.6 is 0 Å². The number of nitrogens with one attached hydrogen (secondary N) is 2. The number of ether oxygens (including phenoxy) is 1. The molecule has 22 heavy (non-hydrogen) atoms. The highest BCUT2D eigenvalue weighted by Crippen LogP contribution is 2.17. The van der Waals surface area contributed by atoms with E-state index in [9.17, 15) is 4.79 Å². The lowest BCUT2D eigenvalue weighted by molar-refractivity contribution is 0.0963. The fourth-order valence-corrected chi connectivity index (χ4v) is 2.21. The normalized spacial score (nSPS) is 10.3. The van der Waals surface area contributed by atoms with Gasteiger partial charge in [0.15, 0.2) is 0 Å². The quantitative estimate of drug-likeness (QED) is 0.826. The minimum Gasteiger partial charge on any atom is -0.494 e. The smallest absolute Gasteiger partial charge is 0.251 e. The van der Waals surface area contributed by atoms with Gasteiger partial charge in [-0.15, -0.1) is 0 Å². The number of para-hydroxylation sites is 1. The summed E-state index contributed by atoms with van der Waals surface area (Å²) in [5.74, 6) is 0.859. The summed E-state index contributed by atoms with van der Waals surface area (Å²) in [4.78, 5) is 11.5. The van der Waals surface area contributed by atoms with E-state index in [0.29, 0.717) is 12.2 Å². The van der Waals surface area contributed by atoms with Crippen molar-refractivity contribution in [1.29, 1.82) is 0 Å². The zero-order valence-electron chi connectivity index (χ0n) is 13.1. The number of amides is 1. The van der Waals surface area contributed by atoms with Gasteiger partial charge in [0.25, 0.3) is 5.91 Å². The maximum atomic E-state index is 11.5. The Morgan fingerprint density at radius 2 is 1.77 bits per heavy atom. The summed E-state index contributed by atoms with van der Waals surface area (Å²) in [5, 5.41) is 6.01. The van der Waals surface area contributed by atoms with Crippen molar-refractivity contribution in [3.63, 3.8) is 0 Å². The van der Waals surface area contributed by atoms with Gasteiger partial charge in [0.1, 0.15) is 5.75 Å². The maximum Gasteiger partial charge on any atom is 0.251 e. The van der Waals surface area contributed by atoms with Gasteiger partial charge in [-0.25, -0.2) is 0 Å². The van der Waals surface area contributed by atoms with Crippen molar-refractivity contribution < 1.29 is 9.53 Å². The van der Waals surface area contributed by atoms with Gasteiger partial charge in [0, 0.05) is 31.3 Å². The third-order valence-corrected chi connectivity index (χ3v) is 3.36. The minimum absolute atomic E-state index is 0.0647. The number of hydrogen-bond donors (Lipinski definition) is 2. The molecular weight excluding hydrogens is 276 g/mol. The predicted molar refractivity (Wildman–Crippen MR) is 88.0 cm³/mol. The number of carbonyl (C=O) groups is 1. The second kappa shape index (κ2) is 8.20. The van der Waals surface area contributed by atoms with Gasteiger partial charge in [0.05, 0.1) is 6.61 Å². The fraction of sp³-hybridized carbons (Fsp3) is 0.278. The second-order valence-corrected chi connectivity index (χ2v) is 4.92. The Labute approximate surface area is 131 Å². The summed E-state index contributed by atoms with van der Waals surface area (Å²) in [6.07, 6.45) is 0. The molecule has 0 atom stereocenters. The molecule has 0 heterocycles. The first-order valence-corrected chi connectivity index (χ1v) is 7.47. The van der Waals surface area contributed by atoms with Crippen molar-refractivity contribution in [2.24, 2.45) is 0 Å². The van der Waals surface area contributed by atoms with Crippen LogP contribution in [0.1, 0.15) is 28.4 Å². The van der Waals surface area contributed by atoms with Gasteiger partial charge in [-0.2, -0.15) is 0 Å². The number of carbonyl (C=O) groups excluding carboxylic acids is 1. The van der Waals surface area contributed by atoms with E-state index >= 15 is 0 Å². The van der Waals surface area contributed by atoms with Crippen LogP contribution in [-0.4, -0.2) is 19.6 Å². The molecule has 0 fully saturated rings. The molecule has 0 spiro atoms. The minimum atomic E-state index is -0.0647. The van der Waals surface area contributed by atoms with Gasteiger partial charge in [-0.3, -0.25) is 4.79 Å². The van der Waals surface area contributed by atoms with Crippen LogP contribution in [0.15, 0.2) is 48.5 Å². The van der Waals surface area contributed by atoms with Crippen LogP contribution in [0.5, 0.6) is 5.75 Å². The van der Waals surface area contributed by atoms with Crippen LogP contribution in [0, 0.1) is 0 Å². The Bertz CT molecular complexity index is 609. The zero-order valence-corrected chi connectivity index (χ0v) is 13.1. The highest BCUT2D eigenvalue weighted by molar-refractivity contribution is 5.93. The van der Waals surface area contributed by atoms with Gasteiger partial charge in [-0.1, -0.05) is 30.3 Å². The van der Waals surface area contributed by atoms with Gasteiger partial charge >= 0.3 is 0 Å². The summed E-state index contributed by atoms with van der Waals surface area (Å²) in [6.45, 7) is 4.14. The Balaban J connectivity index is 1.90. The van der Waals surface area contributed by atoms with Crippen molar-refractivity contribution in [2.75, 3.05) is 13.7 Å². The molecule has 116 valence electrons. The Morgan fingerprint density at radius 3 is 2.45 bits per heavy atom. The molecule has 0 bridgehead atoms. The van der Waals surface area contributed by atoms with Crippen LogP contribution in [0.4, 0.5) is 0 Å². The molecule has 1 amide bonds. The van der Waals surface area contributed by atoms with Crippen molar-refractivity contribution in [3.05, 3.63) is 65.2 Å². The summed E-state index contributed by atoms with van der Waals surface area (Å²) in [6, 6.07) is 15.6. The molecule has 2 aromatic rings. The molecular formula is C18H22N2O2. The Kier molecular flexibility index (Phi) is 5.98. The Hall–Kier alpha value is -2.33. The molecule has 0 saturated heterocycles. The molecule has 4 heteroatoms. The van der Waals surface area contributed by atoms with Crippen molar-refractivity contribution >= 4 is 5.91 Å². The SMILES string of the molecule is CCOc1ccccc1CNCc1ccc(C(=O)NC)cc1. The molecule has 2 N–H and O–H groups in total. The first-order valence-electron chi connectivity index (χ1n) is 7.47. The topological polar surface area (TPSA) is 50.4 Å². The predicted octanol–water partition coefficient (Wildman–Crippen LogP) is 2.73. The van der Waals surface area contributed by atoms with E-state index in [0.717, 1.165) is 30.0 Å². The lowest BCUT2D eigenvalue weighted by Gasteiger charge is -2.11. The molecule has 0 aliphatic carbocycles. The first kappa shape index (κ1) is 16.0. The lowest BCUT2D eigenvalue weighted by atomic mass is 10.1. The molecule has 0 saturated carbocycles. The van der Waals surface area contributed by atoms with E-state index in [1.54, 1.807) is 7.05 Å². The molecule has 0 radical (unpaired) electrons. The number of rotatable bonds is 7. The summed E-state index contributed by atoms with van der Waals surface area (Å²) in [5.41, 5.74) is 2.96. The van der Waals surface area contributed by atoms with Gasteiger partial charge < -0.3 is 15.4 Å². The first-order chi connectivity index (χ1) is 10.7. The molecule has 0 aliphatic rings. The summed E-state index contributed by atoms with van der Waals surface area (Å²) < 4.78 is 5.61. The van der Waals surface area contributed by atoms with E-state index in [4.69, 9.17) is 4.74 Å². The van der Waals surface area contributed by atoms with Crippen LogP contribution < -0.4 is 15.4 Å². The van der Waals surface area contributed by atoms with E-state index in [1.807, 2.05) is 49.4 Å². The highest BCUT2D eigenvalue weighted by Gasteiger charge is 2.04. The van der Waals surface area contributed by atoms with Crippen molar-refractivity contribution in [1.82, 2.24) is 10.6 Å². The average Bonchev–Trinajstić information content (AvgIpc) is 2.56. The van der Waals surface area contributed by atoms with Crippen LogP contribution in [-0.2, 0) is 13.1 Å². The molecule has 0 unspecified atom stereocenters. The van der Waals surface area contributed by atoms with Gasteiger partial charge in [-0.05, 0) is 30.7 Å². The monoisotopic (exact) mass is 298 g/mol. The molecule has 0 aliphatic heterocycles. The zero-order chi connectivity index (χ0) is 15.8. The highest BCUT2D eigenvalue weighted by atomic mass is 16.5. The van der Waals surface area contributed by atoms with Gasteiger partial charge in [0.2, 0.25) is 0 Å². The van der Waals surface area contributed by atoms with Crippen molar-refractivity contribution in [3.8, 4) is 5.75 Å². The van der Waals surface area contributed by atoms with Crippen LogP contribution in [0.3, 0.4) is 0 Å². The maximum absolute atomic E-state index is 11.5.